The van der Waals surface area contributed by atoms with E-state index in [0.717, 1.165) is 42.4 Å². The number of carbonyl (C=O) groups is 2. The van der Waals surface area contributed by atoms with Gasteiger partial charge in [-0.05, 0) is 50.2 Å². The smallest absolute Gasteiger partial charge is 0.258 e. The molecule has 0 spiro atoms. The van der Waals surface area contributed by atoms with Crippen molar-refractivity contribution in [3.63, 3.8) is 0 Å². The lowest BCUT2D eigenvalue weighted by atomic mass is 9.84. The summed E-state index contributed by atoms with van der Waals surface area (Å²) in [4.78, 5) is 31.3. The largest absolute Gasteiger partial charge is 0.490 e. The Bertz CT molecular complexity index is 1900. The average molecular weight is 668 g/mol. The first-order chi connectivity index (χ1) is 22.3. The molecule has 0 unspecified atom stereocenters. The number of fused-ring (bicyclic) bond motifs is 1. The molecule has 0 radical (unpaired) electrons. The van der Waals surface area contributed by atoms with Crippen molar-refractivity contribution in [1.82, 2.24) is 24.4 Å². The maximum Gasteiger partial charge on any atom is 0.258 e. The maximum absolute atomic E-state index is 14.0. The van der Waals surface area contributed by atoms with Gasteiger partial charge in [-0.3, -0.25) is 14.7 Å². The summed E-state index contributed by atoms with van der Waals surface area (Å²) < 4.78 is 62.3. The first-order valence-electron chi connectivity index (χ1n) is 15.1. The van der Waals surface area contributed by atoms with Crippen LogP contribution in [0.1, 0.15) is 58.7 Å². The lowest BCUT2D eigenvalue weighted by molar-refractivity contribution is 0.102. The first-order valence-corrected chi connectivity index (χ1v) is 16.5. The Morgan fingerprint density at radius 1 is 1.02 bits per heavy atom. The van der Waals surface area contributed by atoms with E-state index in [4.69, 9.17) is 4.74 Å². The molecule has 0 bridgehead atoms. The number of ether oxygens (including phenoxy) is 1. The minimum atomic E-state index is -4.33. The van der Waals surface area contributed by atoms with Gasteiger partial charge in [-0.1, -0.05) is 13.8 Å². The molecule has 12 nitrogen and oxygen atoms in total. The van der Waals surface area contributed by atoms with E-state index >= 15 is 0 Å². The minimum Gasteiger partial charge on any atom is -0.490 e. The molecule has 0 aliphatic carbocycles. The van der Waals surface area contributed by atoms with Gasteiger partial charge in [0.05, 0.1) is 21.7 Å². The molecule has 248 valence electrons. The van der Waals surface area contributed by atoms with Crippen molar-refractivity contribution >= 4 is 33.3 Å². The number of likely N-dealkylation sites (tertiary alicyclic amines) is 1. The van der Waals surface area contributed by atoms with Crippen LogP contribution in [-0.2, 0) is 22.0 Å². The van der Waals surface area contributed by atoms with Gasteiger partial charge in [0.1, 0.15) is 23.5 Å². The second-order valence-electron chi connectivity index (χ2n) is 12.5. The second-order valence-corrected chi connectivity index (χ2v) is 14.5. The number of aromatic nitrogens is 3. The van der Waals surface area contributed by atoms with Gasteiger partial charge in [-0.15, -0.1) is 0 Å². The van der Waals surface area contributed by atoms with Crippen molar-refractivity contribution in [1.29, 1.82) is 0 Å². The van der Waals surface area contributed by atoms with E-state index in [2.05, 4.69) is 37.8 Å². The van der Waals surface area contributed by atoms with Gasteiger partial charge in [-0.25, -0.2) is 17.2 Å². The summed E-state index contributed by atoms with van der Waals surface area (Å²) >= 11 is 0. The number of nitrogens with zero attached hydrogens (tertiary/aromatic N) is 3. The van der Waals surface area contributed by atoms with E-state index in [-0.39, 0.29) is 36.3 Å². The number of aromatic amines is 2. The Labute approximate surface area is 270 Å². The lowest BCUT2D eigenvalue weighted by Gasteiger charge is -2.36. The summed E-state index contributed by atoms with van der Waals surface area (Å²) in [5.41, 5.74) is 0.895. The van der Waals surface area contributed by atoms with E-state index in [1.807, 2.05) is 0 Å². The van der Waals surface area contributed by atoms with E-state index in [0.29, 0.717) is 28.6 Å². The number of carbonyl (C=O) groups excluding carboxylic acids is 2. The van der Waals surface area contributed by atoms with Crippen LogP contribution in [0.4, 0.5) is 20.3 Å². The van der Waals surface area contributed by atoms with Gasteiger partial charge >= 0.3 is 0 Å². The molecule has 2 aromatic heterocycles. The Morgan fingerprint density at radius 2 is 1.74 bits per heavy atom. The minimum absolute atomic E-state index is 0.00980. The number of benzene rings is 2. The van der Waals surface area contributed by atoms with E-state index in [1.165, 1.54) is 6.20 Å². The van der Waals surface area contributed by atoms with Gasteiger partial charge in [0.2, 0.25) is 10.0 Å². The predicted octanol–water partition coefficient (Wildman–Crippen LogP) is 4.48. The van der Waals surface area contributed by atoms with Crippen molar-refractivity contribution in [2.45, 2.75) is 49.6 Å². The number of piperidine rings is 1. The molecule has 1 saturated heterocycles. The third-order valence-electron chi connectivity index (χ3n) is 8.47. The summed E-state index contributed by atoms with van der Waals surface area (Å²) in [5, 5.41) is 12.8. The normalized spacial score (nSPS) is 17.2. The average Bonchev–Trinajstić information content (AvgIpc) is 3.69. The Balaban J connectivity index is 1.28. The molecular formula is C32H35F2N7O5S. The summed E-state index contributed by atoms with van der Waals surface area (Å²) in [6.07, 6.45) is 4.81. The van der Waals surface area contributed by atoms with E-state index in [9.17, 15) is 26.8 Å². The highest BCUT2D eigenvalue weighted by Gasteiger charge is 2.41. The van der Waals surface area contributed by atoms with Gasteiger partial charge < -0.3 is 25.3 Å². The molecular weight excluding hydrogens is 632 g/mol. The standard InChI is InChI=1S/C32H35F2N7O5S/c1-32(2)18-41(47(44,45)24-13-20(33)12-21(34)14-24)17-26-28(32)38-39-29(26)37-31(43)25-5-4-23(46-22-7-10-40(3)11-8-22)15-27(25)36-30(42)19-6-9-35-16-19/h4-6,9,12-16,22,35H,7-8,10-11,17-18H2,1-3H3,(H,36,42)(H2,37,38,39,43). The summed E-state index contributed by atoms with van der Waals surface area (Å²) in [7, 11) is -2.27. The molecule has 15 heteroatoms. The number of nitrogens with one attached hydrogen (secondary N) is 4. The molecule has 2 aliphatic heterocycles. The summed E-state index contributed by atoms with van der Waals surface area (Å²) in [6, 6.07) is 8.55. The fourth-order valence-corrected chi connectivity index (χ4v) is 7.57. The number of hydrogen-bond donors (Lipinski definition) is 4. The van der Waals surface area contributed by atoms with Gasteiger partial charge in [-0.2, -0.15) is 9.40 Å². The van der Waals surface area contributed by atoms with E-state index in [1.54, 1.807) is 44.3 Å². The second kappa shape index (κ2) is 12.5. The number of halogens is 2. The van der Waals surface area contributed by atoms with Crippen molar-refractivity contribution in [2.24, 2.45) is 0 Å². The fraction of sp³-hybridized carbons (Fsp3) is 0.344. The number of sulfonamides is 1. The number of hydrogen-bond acceptors (Lipinski definition) is 7. The number of anilines is 2. The molecule has 0 atom stereocenters. The van der Waals surface area contributed by atoms with Crippen molar-refractivity contribution < 1.29 is 31.5 Å². The molecule has 2 aliphatic rings. The Kier molecular flexibility index (Phi) is 8.63. The highest BCUT2D eigenvalue weighted by molar-refractivity contribution is 7.89. The molecule has 1 fully saturated rings. The van der Waals surface area contributed by atoms with Crippen LogP contribution >= 0.6 is 0 Å². The van der Waals surface area contributed by atoms with Gasteiger partial charge in [0.25, 0.3) is 11.8 Å². The summed E-state index contributed by atoms with van der Waals surface area (Å²) in [6.45, 7) is 5.15. The predicted molar refractivity (Wildman–Crippen MR) is 170 cm³/mol. The molecule has 2 amide bonds. The topological polar surface area (TPSA) is 153 Å². The SMILES string of the molecule is CN1CCC(Oc2ccc(C(=O)Nc3n[nH]c4c3CN(S(=O)(=O)c3cc(F)cc(F)c3)CC4(C)C)c(NC(=O)c3cc[nH]c3)c2)CC1. The van der Waals surface area contributed by atoms with Crippen molar-refractivity contribution in [3.8, 4) is 5.75 Å². The van der Waals surface area contributed by atoms with Gasteiger partial charge in [0.15, 0.2) is 5.82 Å². The van der Waals surface area contributed by atoms with Crippen LogP contribution < -0.4 is 15.4 Å². The quantitative estimate of drug-likeness (QED) is 0.216. The molecule has 4 heterocycles. The van der Waals surface area contributed by atoms with Crippen molar-refractivity contribution in [3.05, 3.63) is 88.9 Å². The maximum atomic E-state index is 14.0. The van der Waals surface area contributed by atoms with Crippen molar-refractivity contribution in [2.75, 3.05) is 37.3 Å². The lowest BCUT2D eigenvalue weighted by Crippen LogP contribution is -2.45. The molecule has 6 rings (SSSR count). The number of amides is 2. The van der Waals surface area contributed by atoms with Gasteiger partial charge in [0, 0.05) is 67.4 Å². The third kappa shape index (κ3) is 6.77. The highest BCUT2D eigenvalue weighted by atomic mass is 32.2. The molecule has 4 aromatic rings. The Hall–Kier alpha value is -4.60. The van der Waals surface area contributed by atoms with Crippen LogP contribution in [0, 0.1) is 11.6 Å². The summed E-state index contributed by atoms with van der Waals surface area (Å²) in [5.74, 6) is -2.50. The van der Waals surface area contributed by atoms with Crippen LogP contribution in [0.15, 0.2) is 59.8 Å². The van der Waals surface area contributed by atoms with Crippen LogP contribution in [0.3, 0.4) is 0 Å². The van der Waals surface area contributed by atoms with E-state index < -0.39 is 43.8 Å². The van der Waals surface area contributed by atoms with Crippen LogP contribution in [0.25, 0.3) is 0 Å². The third-order valence-corrected chi connectivity index (χ3v) is 10.2. The molecule has 4 N–H and O–H groups in total. The monoisotopic (exact) mass is 667 g/mol. The van der Waals surface area contributed by atoms with Crippen LogP contribution in [0.2, 0.25) is 0 Å². The van der Waals surface area contributed by atoms with Crippen LogP contribution in [0.5, 0.6) is 5.75 Å². The molecule has 47 heavy (non-hydrogen) atoms. The molecule has 0 saturated carbocycles. The fourth-order valence-electron chi connectivity index (χ4n) is 5.96. The number of H-pyrrole nitrogens is 2. The first kappa shape index (κ1) is 32.3. The Morgan fingerprint density at radius 3 is 2.43 bits per heavy atom. The number of rotatable bonds is 8. The zero-order chi connectivity index (χ0) is 33.5. The molecule has 2 aromatic carbocycles. The zero-order valence-electron chi connectivity index (χ0n) is 26.1. The van der Waals surface area contributed by atoms with Crippen LogP contribution in [-0.4, -0.2) is 77.4 Å². The highest BCUT2D eigenvalue weighted by Crippen LogP contribution is 2.38. The zero-order valence-corrected chi connectivity index (χ0v) is 26.9.